The number of ether oxygens (including phenoxy) is 1. The topological polar surface area (TPSA) is 196 Å². The second-order valence-corrected chi connectivity index (χ2v) is 19.1. The van der Waals surface area contributed by atoms with Gasteiger partial charge in [-0.15, -0.1) is 0 Å². The largest absolute Gasteiger partial charge is 0.384 e. The number of carbonyl (C=O) groups excluding carboxylic acids is 7. The summed E-state index contributed by atoms with van der Waals surface area (Å²) < 4.78 is 6.26. The van der Waals surface area contributed by atoms with Crippen LogP contribution >= 0.6 is 0 Å². The molecule has 1 unspecified atom stereocenters. The molecule has 5 aliphatic rings. The summed E-state index contributed by atoms with van der Waals surface area (Å²) in [6.07, 6.45) is 6.87. The van der Waals surface area contributed by atoms with Gasteiger partial charge in [0, 0.05) is 59.7 Å². The number of fused-ring (bicyclic) bond motifs is 7. The first kappa shape index (κ1) is 42.7. The molecule has 15 heteroatoms. The second-order valence-electron chi connectivity index (χ2n) is 19.1. The number of piperidine rings is 1. The molecule has 2 bridgehead atoms. The van der Waals surface area contributed by atoms with Crippen molar-refractivity contribution in [2.75, 3.05) is 41.8 Å². The van der Waals surface area contributed by atoms with E-state index in [4.69, 9.17) is 4.74 Å². The quantitative estimate of drug-likeness (QED) is 0.0874. The average Bonchev–Trinajstić information content (AvgIpc) is 4.01. The first-order valence-electron chi connectivity index (χ1n) is 21.8. The Bertz CT molecular complexity index is 2630. The maximum absolute atomic E-state index is 13.5. The van der Waals surface area contributed by atoms with Gasteiger partial charge in [-0.1, -0.05) is 58.0 Å². The third-order valence-corrected chi connectivity index (χ3v) is 13.1. The van der Waals surface area contributed by atoms with Crippen LogP contribution in [0.5, 0.6) is 0 Å². The Balaban J connectivity index is 0.759. The molecule has 4 N–H and O–H groups in total. The monoisotopic (exact) mass is 865 g/mol. The number of amides is 7. The van der Waals surface area contributed by atoms with Crippen molar-refractivity contribution in [3.8, 4) is 0 Å². The molecule has 0 spiro atoms. The highest BCUT2D eigenvalue weighted by Gasteiger charge is 2.59. The average molecular weight is 866 g/mol. The van der Waals surface area contributed by atoms with E-state index in [-0.39, 0.29) is 76.2 Å². The molecular formula is C49H51N7O8. The minimum Gasteiger partial charge on any atom is -0.384 e. The standard InChI is InChI=1S/C49H51N7O8/c1-48(2,25-64-26-49(3,4)24-52-34-9-6-8-33-40(34)47(63)56(44(33)60)36-17-18-37(57)54-43(36)59)23-50-22-30-19-20-51-41-32(30)7-5-10-35(41)53-42(58)27-13-15-31(16-14-27)55-45(61)38-28-11-12-29(21-28)39(38)46(55)62/h5-16,19-20,28-29,36,38-39,50,52H,17-18,21-26H2,1-4H3,(H,53,58)(H,54,57,59)/t28-,29+,36?,38-,39+. The predicted molar refractivity (Wildman–Crippen MR) is 238 cm³/mol. The van der Waals surface area contributed by atoms with Crippen LogP contribution in [0.1, 0.15) is 83.6 Å². The number of pyridine rings is 1. The maximum Gasteiger partial charge on any atom is 0.264 e. The van der Waals surface area contributed by atoms with Crippen LogP contribution in [0.15, 0.2) is 85.1 Å². The van der Waals surface area contributed by atoms with Crippen molar-refractivity contribution in [1.82, 2.24) is 20.5 Å². The molecule has 3 fully saturated rings. The predicted octanol–water partition coefficient (Wildman–Crippen LogP) is 5.47. The van der Waals surface area contributed by atoms with Crippen molar-refractivity contribution >= 4 is 69.3 Å². The van der Waals surface area contributed by atoms with Gasteiger partial charge >= 0.3 is 0 Å². The lowest BCUT2D eigenvalue weighted by atomic mass is 9.85. The molecule has 4 aromatic rings. The van der Waals surface area contributed by atoms with Crippen LogP contribution in [-0.4, -0.2) is 83.6 Å². The van der Waals surface area contributed by atoms with Crippen molar-refractivity contribution in [2.45, 2.75) is 59.5 Å². The molecule has 15 nitrogen and oxygen atoms in total. The molecular weight excluding hydrogens is 815 g/mol. The minimum atomic E-state index is -1.03. The summed E-state index contributed by atoms with van der Waals surface area (Å²) in [6.45, 7) is 10.8. The first-order valence-corrected chi connectivity index (χ1v) is 21.8. The van der Waals surface area contributed by atoms with Crippen molar-refractivity contribution in [2.24, 2.45) is 34.5 Å². The number of allylic oxidation sites excluding steroid dienone is 2. The van der Waals surface area contributed by atoms with Gasteiger partial charge in [0.1, 0.15) is 6.04 Å². The van der Waals surface area contributed by atoms with Gasteiger partial charge in [-0.3, -0.25) is 53.7 Å². The van der Waals surface area contributed by atoms with E-state index in [1.807, 2.05) is 38.1 Å². The van der Waals surface area contributed by atoms with Gasteiger partial charge in [0.15, 0.2) is 0 Å². The summed E-state index contributed by atoms with van der Waals surface area (Å²) in [5, 5.41) is 13.0. The summed E-state index contributed by atoms with van der Waals surface area (Å²) in [5.41, 5.74) is 3.42. The third kappa shape index (κ3) is 7.87. The van der Waals surface area contributed by atoms with Crippen LogP contribution < -0.4 is 26.2 Å². The van der Waals surface area contributed by atoms with Gasteiger partial charge in [-0.25, -0.2) is 0 Å². The highest BCUT2D eigenvalue weighted by Crippen LogP contribution is 2.53. The van der Waals surface area contributed by atoms with Crippen molar-refractivity contribution in [3.05, 3.63) is 107 Å². The number of nitrogens with one attached hydrogen (secondary N) is 4. The van der Waals surface area contributed by atoms with Gasteiger partial charge in [-0.05, 0) is 78.8 Å². The highest BCUT2D eigenvalue weighted by atomic mass is 16.5. The fraction of sp³-hybridized carbons (Fsp3) is 0.388. The molecule has 1 aromatic heterocycles. The third-order valence-electron chi connectivity index (χ3n) is 13.1. The van der Waals surface area contributed by atoms with E-state index in [1.54, 1.807) is 48.7 Å². The fourth-order valence-electron chi connectivity index (χ4n) is 9.84. The Hall–Kier alpha value is -6.58. The van der Waals surface area contributed by atoms with E-state index in [1.165, 1.54) is 4.90 Å². The zero-order valence-electron chi connectivity index (χ0n) is 36.2. The smallest absolute Gasteiger partial charge is 0.264 e. The Labute approximate surface area is 370 Å². The van der Waals surface area contributed by atoms with Crippen LogP contribution in [-0.2, 0) is 30.5 Å². The van der Waals surface area contributed by atoms with Crippen molar-refractivity contribution in [3.63, 3.8) is 0 Å². The van der Waals surface area contributed by atoms with Gasteiger partial charge in [0.05, 0.1) is 53.1 Å². The number of imide groups is 3. The molecule has 330 valence electrons. The number of nitrogens with zero attached hydrogens (tertiary/aromatic N) is 3. The molecule has 9 rings (SSSR count). The lowest BCUT2D eigenvalue weighted by Gasteiger charge is -2.30. The number of anilines is 3. The number of benzene rings is 3. The van der Waals surface area contributed by atoms with E-state index >= 15 is 0 Å². The lowest BCUT2D eigenvalue weighted by molar-refractivity contribution is -0.136. The van der Waals surface area contributed by atoms with E-state index in [2.05, 4.69) is 52.3 Å². The van der Waals surface area contributed by atoms with Crippen LogP contribution in [0, 0.1) is 34.5 Å². The Morgan fingerprint density at radius 1 is 0.812 bits per heavy atom. The van der Waals surface area contributed by atoms with E-state index in [0.717, 1.165) is 22.3 Å². The van der Waals surface area contributed by atoms with E-state index in [0.29, 0.717) is 61.0 Å². The minimum absolute atomic E-state index is 0.0530. The van der Waals surface area contributed by atoms with Gasteiger partial charge in [-0.2, -0.15) is 0 Å². The Morgan fingerprint density at radius 2 is 1.48 bits per heavy atom. The van der Waals surface area contributed by atoms with Crippen molar-refractivity contribution in [1.29, 1.82) is 0 Å². The molecule has 2 saturated heterocycles. The number of para-hydroxylation sites is 1. The SMILES string of the molecule is CC(C)(CNCc1ccnc2c(NC(=O)c3ccc(N4C(=O)[C@@H]5[C@H](C4=O)[C@@H]4C=C[C@H]5C4)cc3)cccc12)COCC(C)(C)CNc1cccc2c1C(=O)N(C1CCC(=O)NC1=O)C2=O. The van der Waals surface area contributed by atoms with Gasteiger partial charge in [0.25, 0.3) is 17.7 Å². The maximum atomic E-state index is 13.5. The number of hydrogen-bond donors (Lipinski definition) is 4. The summed E-state index contributed by atoms with van der Waals surface area (Å²) in [7, 11) is 0. The van der Waals surface area contributed by atoms with Crippen LogP contribution in [0.2, 0.25) is 0 Å². The fourth-order valence-corrected chi connectivity index (χ4v) is 9.84. The van der Waals surface area contributed by atoms with Crippen LogP contribution in [0.25, 0.3) is 10.9 Å². The van der Waals surface area contributed by atoms with Crippen molar-refractivity contribution < 1.29 is 38.3 Å². The zero-order valence-corrected chi connectivity index (χ0v) is 36.2. The summed E-state index contributed by atoms with van der Waals surface area (Å²) in [4.78, 5) is 97.9. The molecule has 2 aliphatic carbocycles. The second kappa shape index (κ2) is 16.5. The molecule has 4 heterocycles. The normalized spacial score (nSPS) is 22.7. The molecule has 3 aliphatic heterocycles. The molecule has 64 heavy (non-hydrogen) atoms. The number of aromatic nitrogens is 1. The lowest BCUT2D eigenvalue weighted by Crippen LogP contribution is -2.54. The first-order chi connectivity index (χ1) is 30.6. The van der Waals surface area contributed by atoms with E-state index in [9.17, 15) is 33.6 Å². The summed E-state index contributed by atoms with van der Waals surface area (Å²) in [6, 6.07) is 18.2. The number of hydrogen-bond acceptors (Lipinski definition) is 11. The number of carbonyl (C=O) groups is 7. The van der Waals surface area contributed by atoms with Gasteiger partial charge in [0.2, 0.25) is 23.6 Å². The zero-order chi connectivity index (χ0) is 45.1. The van der Waals surface area contributed by atoms with Gasteiger partial charge < -0.3 is 20.7 Å². The van der Waals surface area contributed by atoms with Crippen LogP contribution in [0.3, 0.4) is 0 Å². The van der Waals surface area contributed by atoms with E-state index < -0.39 is 29.7 Å². The molecule has 1 saturated carbocycles. The Kier molecular flexibility index (Phi) is 11.0. The number of rotatable bonds is 15. The molecule has 0 radical (unpaired) electrons. The molecule has 7 amide bonds. The van der Waals surface area contributed by atoms with Crippen LogP contribution in [0.4, 0.5) is 17.1 Å². The molecule has 5 atom stereocenters. The molecule has 3 aromatic carbocycles. The Morgan fingerprint density at radius 3 is 2.19 bits per heavy atom. The summed E-state index contributed by atoms with van der Waals surface area (Å²) >= 11 is 0. The highest BCUT2D eigenvalue weighted by molar-refractivity contribution is 6.26. The summed E-state index contributed by atoms with van der Waals surface area (Å²) in [5.74, 6) is -3.16.